The van der Waals surface area contributed by atoms with E-state index in [1.165, 1.54) is 21.9 Å². The van der Waals surface area contributed by atoms with Crippen molar-refractivity contribution >= 4 is 17.5 Å². The Hall–Kier alpha value is -1.99. The fraction of sp³-hybridized carbons (Fsp3) is 0.636. The van der Waals surface area contributed by atoms with Gasteiger partial charge in [-0.2, -0.15) is 0 Å². The maximum atomic E-state index is 13.0. The van der Waals surface area contributed by atoms with Gasteiger partial charge in [-0.05, 0) is 51.0 Å². The maximum Gasteiger partial charge on any atom is 0.279 e. The Morgan fingerprint density at radius 2 is 1.45 bits per heavy atom. The summed E-state index contributed by atoms with van der Waals surface area (Å²) < 4.78 is 13.0. The third-order valence-corrected chi connectivity index (χ3v) is 6.02. The van der Waals surface area contributed by atoms with Gasteiger partial charge in [-0.25, -0.2) is 4.39 Å². The summed E-state index contributed by atoms with van der Waals surface area (Å²) in [5, 5.41) is 2.82. The molecule has 0 unspecified atom stereocenters. The van der Waals surface area contributed by atoms with Crippen LogP contribution in [0.25, 0.3) is 0 Å². The molecule has 6 nitrogen and oxygen atoms in total. The molecule has 2 atom stereocenters. The summed E-state index contributed by atoms with van der Waals surface area (Å²) >= 11 is 0. The summed E-state index contributed by atoms with van der Waals surface area (Å²) in [5.41, 5.74) is 0.612. The van der Waals surface area contributed by atoms with E-state index < -0.39 is 0 Å². The lowest BCUT2D eigenvalue weighted by Gasteiger charge is -2.36. The Bertz CT molecular complexity index is 649. The predicted octanol–water partition coefficient (Wildman–Crippen LogP) is -0.0268. The fourth-order valence-electron chi connectivity index (χ4n) is 3.90. The number of nitrogens with one attached hydrogen (secondary N) is 3. The molecule has 0 bridgehead atoms. The van der Waals surface area contributed by atoms with E-state index in [1.807, 2.05) is 0 Å². The van der Waals surface area contributed by atoms with Crippen molar-refractivity contribution in [2.75, 3.05) is 44.6 Å². The Kier molecular flexibility index (Phi) is 9.04. The van der Waals surface area contributed by atoms with Crippen molar-refractivity contribution in [3.63, 3.8) is 0 Å². The molecule has 2 rings (SSSR count). The largest absolute Gasteiger partial charge is 0.332 e. The molecule has 7 heteroatoms. The Morgan fingerprint density at radius 3 is 1.93 bits per heavy atom. The average Bonchev–Trinajstić information content (AvgIpc) is 2.71. The van der Waals surface area contributed by atoms with Crippen LogP contribution < -0.4 is 15.1 Å². The van der Waals surface area contributed by atoms with Crippen LogP contribution >= 0.6 is 0 Å². The first-order valence-electron chi connectivity index (χ1n) is 10.9. The molecule has 3 N–H and O–H groups in total. The number of amides is 2. The van der Waals surface area contributed by atoms with Gasteiger partial charge in [-0.3, -0.25) is 9.59 Å². The Balaban J connectivity index is 1.78. The van der Waals surface area contributed by atoms with Gasteiger partial charge < -0.3 is 20.0 Å². The number of nitrogens with zero attached hydrogens (tertiary/aromatic N) is 1. The Morgan fingerprint density at radius 1 is 0.966 bits per heavy atom. The number of carbonyl (C=O) groups excluding carboxylic acids is 2. The quantitative estimate of drug-likeness (QED) is 0.538. The van der Waals surface area contributed by atoms with Crippen LogP contribution in [-0.2, 0) is 9.59 Å². The van der Waals surface area contributed by atoms with E-state index in [-0.39, 0.29) is 29.7 Å². The van der Waals surface area contributed by atoms with Gasteiger partial charge in [0.15, 0.2) is 13.1 Å². The number of hydrogen-bond donors (Lipinski definition) is 3. The summed E-state index contributed by atoms with van der Waals surface area (Å²) in [7, 11) is 0. The summed E-state index contributed by atoms with van der Waals surface area (Å²) in [4.78, 5) is 29.7. The first-order valence-corrected chi connectivity index (χ1v) is 10.9. The molecule has 0 spiro atoms. The van der Waals surface area contributed by atoms with Gasteiger partial charge in [0.2, 0.25) is 0 Å². The first-order chi connectivity index (χ1) is 13.8. The van der Waals surface area contributed by atoms with Gasteiger partial charge >= 0.3 is 0 Å². The second kappa shape index (κ2) is 11.3. The number of anilines is 1. The zero-order chi connectivity index (χ0) is 21.4. The summed E-state index contributed by atoms with van der Waals surface area (Å²) in [6.07, 6.45) is 1.93. The van der Waals surface area contributed by atoms with Crippen LogP contribution in [0.5, 0.6) is 0 Å². The highest BCUT2D eigenvalue weighted by Crippen LogP contribution is 2.11. The molecule has 1 heterocycles. The maximum absolute atomic E-state index is 13.0. The van der Waals surface area contributed by atoms with Crippen molar-refractivity contribution < 1.29 is 23.8 Å². The molecular weight excluding hydrogens is 371 g/mol. The highest BCUT2D eigenvalue weighted by Gasteiger charge is 2.30. The van der Waals surface area contributed by atoms with E-state index >= 15 is 0 Å². The second-order valence-electron chi connectivity index (χ2n) is 8.22. The molecule has 162 valence electrons. The zero-order valence-electron chi connectivity index (χ0n) is 18.3. The number of rotatable bonds is 9. The molecule has 1 aliphatic heterocycles. The van der Waals surface area contributed by atoms with Crippen molar-refractivity contribution in [3.8, 4) is 0 Å². The van der Waals surface area contributed by atoms with Crippen LogP contribution in [0.15, 0.2) is 24.3 Å². The van der Waals surface area contributed by atoms with Crippen molar-refractivity contribution in [2.45, 2.75) is 52.6 Å². The highest BCUT2D eigenvalue weighted by atomic mass is 19.1. The number of carbonyl (C=O) groups is 2. The molecule has 29 heavy (non-hydrogen) atoms. The molecular formula is C22H37FN4O2+2. The molecule has 1 aromatic rings. The predicted molar refractivity (Wildman–Crippen MR) is 113 cm³/mol. The minimum absolute atomic E-state index is 0.0640. The van der Waals surface area contributed by atoms with Gasteiger partial charge in [-0.15, -0.1) is 0 Å². The lowest BCUT2D eigenvalue weighted by Crippen LogP contribution is -3.28. The Labute approximate surface area is 174 Å². The van der Waals surface area contributed by atoms with E-state index in [4.69, 9.17) is 0 Å². The average molecular weight is 409 g/mol. The third kappa shape index (κ3) is 7.08. The normalized spacial score (nSPS) is 21.3. The van der Waals surface area contributed by atoms with Gasteiger partial charge in [0.25, 0.3) is 11.8 Å². The van der Waals surface area contributed by atoms with Crippen LogP contribution in [0.2, 0.25) is 0 Å². The number of quaternary nitrogens is 2. The third-order valence-electron chi connectivity index (χ3n) is 6.02. The monoisotopic (exact) mass is 408 g/mol. The van der Waals surface area contributed by atoms with Gasteiger partial charge in [0.05, 0.1) is 0 Å². The van der Waals surface area contributed by atoms with Crippen molar-refractivity contribution in [1.82, 2.24) is 4.90 Å². The van der Waals surface area contributed by atoms with Crippen molar-refractivity contribution in [1.29, 1.82) is 0 Å². The van der Waals surface area contributed by atoms with E-state index in [9.17, 15) is 14.0 Å². The standard InChI is InChI=1S/C22H35FN4O2/c1-5-17(3)27(18(4)6-2)22(29)16-26-13-11-25(12-14-26)15-21(28)24-20-9-7-19(23)8-10-20/h7-10,17-18H,5-6,11-16H2,1-4H3,(H,24,28)/p+2/t17-,18-/m0/s1. The molecule has 0 radical (unpaired) electrons. The minimum atomic E-state index is -0.317. The van der Waals surface area contributed by atoms with Crippen LogP contribution in [-0.4, -0.2) is 68.1 Å². The topological polar surface area (TPSA) is 58.3 Å². The number of benzene rings is 1. The lowest BCUT2D eigenvalue weighted by molar-refractivity contribution is -1.00. The smallest absolute Gasteiger partial charge is 0.279 e. The van der Waals surface area contributed by atoms with Crippen molar-refractivity contribution in [2.24, 2.45) is 0 Å². The summed E-state index contributed by atoms with van der Waals surface area (Å²) in [5.74, 6) is -0.144. The SMILES string of the molecule is CC[C@H](C)N(C(=O)C[NH+]1CC[NH+](CC(=O)Nc2ccc(F)cc2)CC1)[C@@H](C)CC. The van der Waals surface area contributed by atoms with Gasteiger partial charge in [0.1, 0.15) is 32.0 Å². The minimum Gasteiger partial charge on any atom is -0.332 e. The van der Waals surface area contributed by atoms with Gasteiger partial charge in [0, 0.05) is 17.8 Å². The van der Waals surface area contributed by atoms with E-state index in [2.05, 4.69) is 37.9 Å². The summed E-state index contributed by atoms with van der Waals surface area (Å²) in [6, 6.07) is 6.33. The molecule has 0 saturated carbocycles. The van der Waals surface area contributed by atoms with E-state index in [1.54, 1.807) is 12.1 Å². The zero-order valence-corrected chi connectivity index (χ0v) is 18.3. The number of halogens is 1. The highest BCUT2D eigenvalue weighted by molar-refractivity contribution is 5.91. The molecule has 1 saturated heterocycles. The molecule has 0 aliphatic carbocycles. The molecule has 1 aliphatic rings. The van der Waals surface area contributed by atoms with Gasteiger partial charge in [-0.1, -0.05) is 13.8 Å². The number of piperazine rings is 1. The molecule has 2 amide bonds. The van der Waals surface area contributed by atoms with E-state index in [0.717, 1.165) is 39.0 Å². The second-order valence-corrected chi connectivity index (χ2v) is 8.22. The fourth-order valence-corrected chi connectivity index (χ4v) is 3.90. The van der Waals surface area contributed by atoms with Crippen LogP contribution in [0.1, 0.15) is 40.5 Å². The van der Waals surface area contributed by atoms with Crippen LogP contribution in [0.4, 0.5) is 10.1 Å². The van der Waals surface area contributed by atoms with Crippen LogP contribution in [0.3, 0.4) is 0 Å². The summed E-state index contributed by atoms with van der Waals surface area (Å²) in [6.45, 7) is 12.9. The molecule has 1 aromatic carbocycles. The molecule has 0 aromatic heterocycles. The number of hydrogen-bond acceptors (Lipinski definition) is 2. The molecule has 1 fully saturated rings. The van der Waals surface area contributed by atoms with Crippen LogP contribution in [0, 0.1) is 5.82 Å². The first kappa shape index (κ1) is 23.3. The lowest BCUT2D eigenvalue weighted by atomic mass is 10.1. The van der Waals surface area contributed by atoms with E-state index in [0.29, 0.717) is 18.8 Å². The van der Waals surface area contributed by atoms with Crippen molar-refractivity contribution in [3.05, 3.63) is 30.1 Å².